The van der Waals surface area contributed by atoms with Gasteiger partial charge in [-0.2, -0.15) is 0 Å². The summed E-state index contributed by atoms with van der Waals surface area (Å²) in [6.45, 7) is 5.42. The number of nitrogens with one attached hydrogen (secondary N) is 2. The Balaban J connectivity index is 1.81. The van der Waals surface area contributed by atoms with Crippen molar-refractivity contribution in [2.45, 2.75) is 31.7 Å². The summed E-state index contributed by atoms with van der Waals surface area (Å²) in [6.07, 6.45) is 1.99. The van der Waals surface area contributed by atoms with Crippen LogP contribution in [0, 0.1) is 13.8 Å². The molecule has 25 heavy (non-hydrogen) atoms. The molecule has 1 aromatic heterocycles. The number of hydrogen-bond acceptors (Lipinski definition) is 5. The number of sulfone groups is 1. The number of guanidine groups is 1. The molecular formula is C17H24N4O2S2. The highest BCUT2D eigenvalue weighted by molar-refractivity contribution is 7.90. The van der Waals surface area contributed by atoms with Gasteiger partial charge in [-0.1, -0.05) is 12.1 Å². The Morgan fingerprint density at radius 2 is 1.88 bits per heavy atom. The van der Waals surface area contributed by atoms with E-state index in [2.05, 4.69) is 27.5 Å². The van der Waals surface area contributed by atoms with Gasteiger partial charge in [-0.15, -0.1) is 11.3 Å². The van der Waals surface area contributed by atoms with Gasteiger partial charge in [0.1, 0.15) is 5.01 Å². The van der Waals surface area contributed by atoms with E-state index in [4.69, 9.17) is 0 Å². The zero-order chi connectivity index (χ0) is 18.4. The van der Waals surface area contributed by atoms with Crippen LogP contribution in [-0.4, -0.2) is 39.2 Å². The highest BCUT2D eigenvalue weighted by Gasteiger charge is 2.07. The number of aryl methyl sites for hydroxylation is 2. The molecule has 0 saturated heterocycles. The molecule has 0 amide bonds. The molecule has 0 saturated carbocycles. The lowest BCUT2D eigenvalue weighted by molar-refractivity contribution is 0.602. The lowest BCUT2D eigenvalue weighted by atomic mass is 10.1. The molecule has 1 heterocycles. The molecule has 0 aliphatic heterocycles. The van der Waals surface area contributed by atoms with E-state index in [1.807, 2.05) is 19.1 Å². The summed E-state index contributed by atoms with van der Waals surface area (Å²) in [6, 6.07) is 6.97. The predicted molar refractivity (Wildman–Crippen MR) is 103 cm³/mol. The van der Waals surface area contributed by atoms with Crippen molar-refractivity contribution in [1.82, 2.24) is 15.6 Å². The summed E-state index contributed by atoms with van der Waals surface area (Å²) in [5, 5.41) is 7.54. The maximum Gasteiger partial charge on any atom is 0.191 e. The van der Waals surface area contributed by atoms with Crippen LogP contribution in [-0.2, 0) is 22.8 Å². The highest BCUT2D eigenvalue weighted by Crippen LogP contribution is 2.15. The highest BCUT2D eigenvalue weighted by atomic mass is 32.2. The fraction of sp³-hybridized carbons (Fsp3) is 0.412. The van der Waals surface area contributed by atoms with E-state index in [1.165, 1.54) is 11.1 Å². The standard InChI is InChI=1S/C17H24N4O2S2/c1-12-13(2)24-16(21-12)11-20-17(18-3)19-10-9-14-5-7-15(8-6-14)25(4,22)23/h5-8H,9-11H2,1-4H3,(H2,18,19,20). The van der Waals surface area contributed by atoms with Crippen LogP contribution >= 0.6 is 11.3 Å². The van der Waals surface area contributed by atoms with E-state index in [0.29, 0.717) is 18.0 Å². The first-order valence-corrected chi connectivity index (χ1v) is 10.7. The fourth-order valence-electron chi connectivity index (χ4n) is 2.22. The van der Waals surface area contributed by atoms with Crippen molar-refractivity contribution in [2.75, 3.05) is 19.8 Å². The van der Waals surface area contributed by atoms with Gasteiger partial charge in [0.25, 0.3) is 0 Å². The number of aromatic nitrogens is 1. The molecule has 136 valence electrons. The lowest BCUT2D eigenvalue weighted by Gasteiger charge is -2.11. The van der Waals surface area contributed by atoms with E-state index in [9.17, 15) is 8.42 Å². The van der Waals surface area contributed by atoms with Crippen molar-refractivity contribution in [3.05, 3.63) is 45.4 Å². The second kappa shape index (κ2) is 8.44. The largest absolute Gasteiger partial charge is 0.356 e. The average molecular weight is 381 g/mol. The smallest absolute Gasteiger partial charge is 0.191 e. The third-order valence-electron chi connectivity index (χ3n) is 3.76. The van der Waals surface area contributed by atoms with Crippen LogP contribution in [0.3, 0.4) is 0 Å². The van der Waals surface area contributed by atoms with Crippen molar-refractivity contribution < 1.29 is 8.42 Å². The molecule has 0 spiro atoms. The molecule has 0 unspecified atom stereocenters. The Labute approximate surface area is 153 Å². The lowest BCUT2D eigenvalue weighted by Crippen LogP contribution is -2.37. The van der Waals surface area contributed by atoms with Crippen molar-refractivity contribution in [3.8, 4) is 0 Å². The first-order valence-electron chi connectivity index (χ1n) is 7.96. The number of benzene rings is 1. The van der Waals surface area contributed by atoms with Crippen LogP contribution in [0.5, 0.6) is 0 Å². The Morgan fingerprint density at radius 1 is 1.20 bits per heavy atom. The molecule has 8 heteroatoms. The first kappa shape index (κ1) is 19.4. The minimum absolute atomic E-state index is 0.343. The van der Waals surface area contributed by atoms with Gasteiger partial charge in [-0.05, 0) is 38.0 Å². The van der Waals surface area contributed by atoms with Gasteiger partial charge in [0.05, 0.1) is 17.1 Å². The molecule has 0 aliphatic rings. The molecular weight excluding hydrogens is 356 g/mol. The number of thiazole rings is 1. The minimum Gasteiger partial charge on any atom is -0.356 e. The number of hydrogen-bond donors (Lipinski definition) is 2. The summed E-state index contributed by atoms with van der Waals surface area (Å²) in [5.74, 6) is 0.721. The van der Waals surface area contributed by atoms with Crippen LogP contribution in [0.2, 0.25) is 0 Å². The Kier molecular flexibility index (Phi) is 6.55. The van der Waals surface area contributed by atoms with E-state index in [1.54, 1.807) is 30.5 Å². The molecule has 0 aliphatic carbocycles. The molecule has 2 N–H and O–H groups in total. The van der Waals surface area contributed by atoms with Crippen molar-refractivity contribution in [2.24, 2.45) is 4.99 Å². The SMILES string of the molecule is CN=C(NCCc1ccc(S(C)(=O)=O)cc1)NCc1nc(C)c(C)s1. The zero-order valence-corrected chi connectivity index (χ0v) is 16.6. The van der Waals surface area contributed by atoms with Crippen LogP contribution in [0.1, 0.15) is 21.1 Å². The van der Waals surface area contributed by atoms with Crippen molar-refractivity contribution in [3.63, 3.8) is 0 Å². The van der Waals surface area contributed by atoms with E-state index in [0.717, 1.165) is 28.6 Å². The quantitative estimate of drug-likeness (QED) is 0.592. The second-order valence-electron chi connectivity index (χ2n) is 5.77. The van der Waals surface area contributed by atoms with Gasteiger partial charge in [0, 0.05) is 24.7 Å². The second-order valence-corrected chi connectivity index (χ2v) is 9.07. The maximum absolute atomic E-state index is 11.5. The van der Waals surface area contributed by atoms with Gasteiger partial charge in [-0.3, -0.25) is 4.99 Å². The predicted octanol–water partition coefficient (Wildman–Crippen LogP) is 2.07. The number of rotatable bonds is 6. The number of aliphatic imine (C=N–C) groups is 1. The molecule has 0 fully saturated rings. The van der Waals surface area contributed by atoms with Gasteiger partial charge in [-0.25, -0.2) is 13.4 Å². The Hall–Kier alpha value is -1.93. The molecule has 0 radical (unpaired) electrons. The average Bonchev–Trinajstić information content (AvgIpc) is 2.88. The summed E-state index contributed by atoms with van der Waals surface area (Å²) in [5.41, 5.74) is 2.14. The van der Waals surface area contributed by atoms with E-state index < -0.39 is 9.84 Å². The molecule has 0 bridgehead atoms. The van der Waals surface area contributed by atoms with Crippen LogP contribution < -0.4 is 10.6 Å². The van der Waals surface area contributed by atoms with Gasteiger partial charge in [0.2, 0.25) is 0 Å². The Morgan fingerprint density at radius 3 is 2.40 bits per heavy atom. The molecule has 0 atom stereocenters. The molecule has 6 nitrogen and oxygen atoms in total. The van der Waals surface area contributed by atoms with Crippen molar-refractivity contribution >= 4 is 27.1 Å². The monoisotopic (exact) mass is 380 g/mol. The van der Waals surface area contributed by atoms with Gasteiger partial charge >= 0.3 is 0 Å². The Bertz CT molecular complexity index is 821. The third-order valence-corrected chi connectivity index (χ3v) is 5.96. The normalized spacial score (nSPS) is 12.2. The summed E-state index contributed by atoms with van der Waals surface area (Å²) in [4.78, 5) is 10.3. The molecule has 2 aromatic rings. The first-order chi connectivity index (χ1) is 11.8. The fourth-order valence-corrected chi connectivity index (χ4v) is 3.73. The minimum atomic E-state index is -3.14. The summed E-state index contributed by atoms with van der Waals surface area (Å²) in [7, 11) is -1.41. The van der Waals surface area contributed by atoms with Crippen molar-refractivity contribution in [1.29, 1.82) is 0 Å². The molecule has 1 aromatic carbocycles. The summed E-state index contributed by atoms with van der Waals surface area (Å²) >= 11 is 1.69. The zero-order valence-electron chi connectivity index (χ0n) is 15.0. The topological polar surface area (TPSA) is 83.5 Å². The summed E-state index contributed by atoms with van der Waals surface area (Å²) < 4.78 is 22.9. The van der Waals surface area contributed by atoms with E-state index >= 15 is 0 Å². The van der Waals surface area contributed by atoms with E-state index in [-0.39, 0.29) is 0 Å². The number of nitrogens with zero attached hydrogens (tertiary/aromatic N) is 2. The van der Waals surface area contributed by atoms with Crippen LogP contribution in [0.4, 0.5) is 0 Å². The van der Waals surface area contributed by atoms with Crippen LogP contribution in [0.15, 0.2) is 34.2 Å². The van der Waals surface area contributed by atoms with Crippen LogP contribution in [0.25, 0.3) is 0 Å². The van der Waals surface area contributed by atoms with Gasteiger partial charge in [0.15, 0.2) is 15.8 Å². The third kappa shape index (κ3) is 5.82. The molecule has 2 rings (SSSR count). The van der Waals surface area contributed by atoms with Gasteiger partial charge < -0.3 is 10.6 Å². The maximum atomic E-state index is 11.5.